The molecule has 0 amide bonds. The van der Waals surface area contributed by atoms with Crippen molar-refractivity contribution in [2.24, 2.45) is 11.7 Å². The zero-order valence-corrected chi connectivity index (χ0v) is 11.3. The number of pyridine rings is 1. The lowest BCUT2D eigenvalue weighted by Gasteiger charge is -2.16. The van der Waals surface area contributed by atoms with Crippen LogP contribution < -0.4 is 10.5 Å². The number of unbranched alkanes of at least 4 members (excludes halogenated alkanes) is 1. The van der Waals surface area contributed by atoms with Gasteiger partial charge in [0.2, 0.25) is 5.88 Å². The Balaban J connectivity index is 2.56. The SMILES string of the molecule is CCCCC(CC)COc1ncc(F)cc1CN. The summed E-state index contributed by atoms with van der Waals surface area (Å²) in [7, 11) is 0. The lowest BCUT2D eigenvalue weighted by molar-refractivity contribution is 0.223. The second-order valence-electron chi connectivity index (χ2n) is 4.55. The van der Waals surface area contributed by atoms with E-state index >= 15 is 0 Å². The van der Waals surface area contributed by atoms with Crippen molar-refractivity contribution in [2.75, 3.05) is 6.61 Å². The lowest BCUT2D eigenvalue weighted by Crippen LogP contribution is -2.14. The normalized spacial score (nSPS) is 12.4. The zero-order valence-electron chi connectivity index (χ0n) is 11.3. The van der Waals surface area contributed by atoms with Gasteiger partial charge in [-0.3, -0.25) is 0 Å². The average molecular weight is 254 g/mol. The lowest BCUT2D eigenvalue weighted by atomic mass is 10.0. The van der Waals surface area contributed by atoms with Gasteiger partial charge in [-0.1, -0.05) is 33.1 Å². The monoisotopic (exact) mass is 254 g/mol. The molecule has 1 heterocycles. The smallest absolute Gasteiger partial charge is 0.218 e. The third-order valence-corrected chi connectivity index (χ3v) is 3.11. The van der Waals surface area contributed by atoms with Gasteiger partial charge >= 0.3 is 0 Å². The highest BCUT2D eigenvalue weighted by molar-refractivity contribution is 5.25. The molecule has 4 heteroatoms. The van der Waals surface area contributed by atoms with E-state index in [1.54, 1.807) is 0 Å². The summed E-state index contributed by atoms with van der Waals surface area (Å²) in [5.74, 6) is 0.622. The van der Waals surface area contributed by atoms with E-state index in [1.165, 1.54) is 25.1 Å². The molecule has 102 valence electrons. The van der Waals surface area contributed by atoms with Gasteiger partial charge in [0.05, 0.1) is 12.8 Å². The van der Waals surface area contributed by atoms with Crippen LogP contribution in [0, 0.1) is 11.7 Å². The summed E-state index contributed by atoms with van der Waals surface area (Å²) in [4.78, 5) is 3.96. The molecule has 1 rings (SSSR count). The number of ether oxygens (including phenoxy) is 1. The molecule has 0 saturated carbocycles. The third kappa shape index (κ3) is 4.61. The van der Waals surface area contributed by atoms with Gasteiger partial charge in [-0.05, 0) is 18.4 Å². The maximum absolute atomic E-state index is 13.0. The molecule has 1 unspecified atom stereocenters. The summed E-state index contributed by atoms with van der Waals surface area (Å²) in [5.41, 5.74) is 6.18. The third-order valence-electron chi connectivity index (χ3n) is 3.11. The number of nitrogens with zero attached hydrogens (tertiary/aromatic N) is 1. The minimum absolute atomic E-state index is 0.242. The van der Waals surface area contributed by atoms with Crippen molar-refractivity contribution in [3.63, 3.8) is 0 Å². The highest BCUT2D eigenvalue weighted by atomic mass is 19.1. The molecule has 0 aliphatic rings. The quantitative estimate of drug-likeness (QED) is 0.774. The molecule has 0 spiro atoms. The van der Waals surface area contributed by atoms with Crippen molar-refractivity contribution in [1.29, 1.82) is 0 Å². The molecule has 0 aliphatic heterocycles. The van der Waals surface area contributed by atoms with Crippen LogP contribution in [0.1, 0.15) is 45.1 Å². The molecule has 0 aromatic carbocycles. The molecule has 0 bridgehead atoms. The van der Waals surface area contributed by atoms with Crippen LogP contribution in [-0.2, 0) is 6.54 Å². The van der Waals surface area contributed by atoms with E-state index in [0.717, 1.165) is 12.8 Å². The Labute approximate surface area is 109 Å². The Kier molecular flexibility index (Phi) is 6.65. The number of halogens is 1. The van der Waals surface area contributed by atoms with Gasteiger partial charge < -0.3 is 10.5 Å². The van der Waals surface area contributed by atoms with Crippen LogP contribution in [0.3, 0.4) is 0 Å². The molecular formula is C14H23FN2O. The number of aromatic nitrogens is 1. The van der Waals surface area contributed by atoms with Crippen molar-refractivity contribution in [3.05, 3.63) is 23.6 Å². The second kappa shape index (κ2) is 8.03. The standard InChI is InChI=1S/C14H23FN2O/c1-3-5-6-11(4-2)10-18-14-12(8-16)7-13(15)9-17-14/h7,9,11H,3-6,8,10,16H2,1-2H3. The fourth-order valence-corrected chi connectivity index (χ4v) is 1.84. The molecule has 0 radical (unpaired) electrons. The van der Waals surface area contributed by atoms with Crippen LogP contribution in [0.4, 0.5) is 4.39 Å². The van der Waals surface area contributed by atoms with Crippen molar-refractivity contribution < 1.29 is 9.13 Å². The van der Waals surface area contributed by atoms with Gasteiger partial charge in [0, 0.05) is 12.1 Å². The highest BCUT2D eigenvalue weighted by Crippen LogP contribution is 2.19. The zero-order chi connectivity index (χ0) is 13.4. The highest BCUT2D eigenvalue weighted by Gasteiger charge is 2.10. The van der Waals surface area contributed by atoms with Crippen LogP contribution in [0.15, 0.2) is 12.3 Å². The van der Waals surface area contributed by atoms with Gasteiger partial charge in [0.1, 0.15) is 5.82 Å². The number of hydrogen-bond donors (Lipinski definition) is 1. The van der Waals surface area contributed by atoms with E-state index in [4.69, 9.17) is 10.5 Å². The van der Waals surface area contributed by atoms with Crippen LogP contribution in [0.25, 0.3) is 0 Å². The van der Waals surface area contributed by atoms with Gasteiger partial charge in [0.25, 0.3) is 0 Å². The van der Waals surface area contributed by atoms with Crippen LogP contribution >= 0.6 is 0 Å². The molecule has 1 atom stereocenters. The Morgan fingerprint density at radius 1 is 1.44 bits per heavy atom. The maximum Gasteiger partial charge on any atom is 0.218 e. The molecule has 0 fully saturated rings. The summed E-state index contributed by atoms with van der Waals surface area (Å²) in [5, 5.41) is 0. The summed E-state index contributed by atoms with van der Waals surface area (Å²) < 4.78 is 18.7. The molecular weight excluding hydrogens is 231 g/mol. The first-order valence-corrected chi connectivity index (χ1v) is 6.68. The van der Waals surface area contributed by atoms with E-state index in [1.807, 2.05) is 0 Å². The maximum atomic E-state index is 13.0. The molecule has 1 aromatic heterocycles. The predicted octanol–water partition coefficient (Wildman–Crippen LogP) is 3.27. The number of nitrogens with two attached hydrogens (primary N) is 1. The van der Waals surface area contributed by atoms with Gasteiger partial charge in [0.15, 0.2) is 0 Å². The molecule has 1 aromatic rings. The molecule has 2 N–H and O–H groups in total. The van der Waals surface area contributed by atoms with E-state index in [0.29, 0.717) is 24.0 Å². The molecule has 3 nitrogen and oxygen atoms in total. The fourth-order valence-electron chi connectivity index (χ4n) is 1.84. The van der Waals surface area contributed by atoms with E-state index in [2.05, 4.69) is 18.8 Å². The average Bonchev–Trinajstić information content (AvgIpc) is 2.40. The van der Waals surface area contributed by atoms with Crippen molar-refractivity contribution in [1.82, 2.24) is 4.98 Å². The first kappa shape index (κ1) is 14.9. The summed E-state index contributed by atoms with van der Waals surface area (Å²) in [6, 6.07) is 1.38. The van der Waals surface area contributed by atoms with Gasteiger partial charge in [-0.2, -0.15) is 0 Å². The summed E-state index contributed by atoms with van der Waals surface area (Å²) in [6.07, 6.45) is 5.81. The largest absolute Gasteiger partial charge is 0.477 e. The van der Waals surface area contributed by atoms with Gasteiger partial charge in [-0.25, -0.2) is 9.37 Å². The Morgan fingerprint density at radius 2 is 2.22 bits per heavy atom. The summed E-state index contributed by atoms with van der Waals surface area (Å²) in [6.45, 7) is 5.21. The van der Waals surface area contributed by atoms with Crippen LogP contribution in [0.2, 0.25) is 0 Å². The van der Waals surface area contributed by atoms with Crippen LogP contribution in [0.5, 0.6) is 5.88 Å². The first-order valence-electron chi connectivity index (χ1n) is 6.68. The predicted molar refractivity (Wildman–Crippen MR) is 70.9 cm³/mol. The minimum Gasteiger partial charge on any atom is -0.477 e. The van der Waals surface area contributed by atoms with E-state index in [-0.39, 0.29) is 12.4 Å². The molecule has 0 saturated heterocycles. The van der Waals surface area contributed by atoms with Gasteiger partial charge in [-0.15, -0.1) is 0 Å². The van der Waals surface area contributed by atoms with E-state index in [9.17, 15) is 4.39 Å². The van der Waals surface area contributed by atoms with Crippen LogP contribution in [-0.4, -0.2) is 11.6 Å². The Hall–Kier alpha value is -1.16. The summed E-state index contributed by atoms with van der Waals surface area (Å²) >= 11 is 0. The number of rotatable bonds is 8. The molecule has 18 heavy (non-hydrogen) atoms. The number of hydrogen-bond acceptors (Lipinski definition) is 3. The fraction of sp³-hybridized carbons (Fsp3) is 0.643. The van der Waals surface area contributed by atoms with Crippen molar-refractivity contribution in [2.45, 2.75) is 46.1 Å². The molecule has 0 aliphatic carbocycles. The minimum atomic E-state index is -0.374. The Bertz CT molecular complexity index is 358. The van der Waals surface area contributed by atoms with E-state index < -0.39 is 0 Å². The first-order chi connectivity index (χ1) is 8.71. The Morgan fingerprint density at radius 3 is 2.83 bits per heavy atom. The van der Waals surface area contributed by atoms with Crippen molar-refractivity contribution >= 4 is 0 Å². The topological polar surface area (TPSA) is 48.1 Å². The second-order valence-corrected chi connectivity index (χ2v) is 4.55. The van der Waals surface area contributed by atoms with Crippen molar-refractivity contribution in [3.8, 4) is 5.88 Å².